The van der Waals surface area contributed by atoms with Crippen LogP contribution in [-0.2, 0) is 6.54 Å². The molecule has 2 N–H and O–H groups in total. The highest BCUT2D eigenvalue weighted by Crippen LogP contribution is 2.19. The summed E-state index contributed by atoms with van der Waals surface area (Å²) in [6, 6.07) is 6.45. The summed E-state index contributed by atoms with van der Waals surface area (Å²) < 4.78 is 14.9. The van der Waals surface area contributed by atoms with E-state index in [1.54, 1.807) is 24.7 Å². The van der Waals surface area contributed by atoms with Crippen molar-refractivity contribution >= 4 is 0 Å². The van der Waals surface area contributed by atoms with Crippen LogP contribution in [0.25, 0.3) is 0 Å². The molecule has 1 heterocycles. The summed E-state index contributed by atoms with van der Waals surface area (Å²) in [6.45, 7) is 4.83. The van der Waals surface area contributed by atoms with Crippen molar-refractivity contribution in [3.63, 3.8) is 0 Å². The molecule has 0 radical (unpaired) electrons. The van der Waals surface area contributed by atoms with Gasteiger partial charge in [-0.1, -0.05) is 26.0 Å². The van der Waals surface area contributed by atoms with E-state index < -0.39 is 0 Å². The molecule has 0 aliphatic rings. The molecule has 0 amide bonds. The van der Waals surface area contributed by atoms with Gasteiger partial charge in [-0.15, -0.1) is 0 Å². The van der Waals surface area contributed by atoms with Crippen LogP contribution in [0, 0.1) is 11.7 Å². The van der Waals surface area contributed by atoms with Gasteiger partial charge in [0.25, 0.3) is 0 Å². The van der Waals surface area contributed by atoms with Gasteiger partial charge in [0, 0.05) is 18.8 Å². The lowest BCUT2D eigenvalue weighted by atomic mass is 10.0. The average molecular weight is 247 g/mol. The Morgan fingerprint density at radius 2 is 1.94 bits per heavy atom. The first kappa shape index (κ1) is 12.8. The Labute approximate surface area is 106 Å². The molecule has 18 heavy (non-hydrogen) atoms. The Balaban J connectivity index is 2.19. The highest BCUT2D eigenvalue weighted by Gasteiger charge is 2.15. The van der Waals surface area contributed by atoms with Crippen molar-refractivity contribution in [1.82, 2.24) is 9.55 Å². The van der Waals surface area contributed by atoms with Gasteiger partial charge in [0.15, 0.2) is 0 Å². The molecular weight excluding hydrogens is 229 g/mol. The second-order valence-electron chi connectivity index (χ2n) is 4.84. The molecule has 1 atom stereocenters. The fourth-order valence-electron chi connectivity index (χ4n) is 1.87. The summed E-state index contributed by atoms with van der Waals surface area (Å²) in [7, 11) is 0. The van der Waals surface area contributed by atoms with Gasteiger partial charge in [-0.25, -0.2) is 9.37 Å². The van der Waals surface area contributed by atoms with Gasteiger partial charge in [0.1, 0.15) is 5.82 Å². The van der Waals surface area contributed by atoms with Crippen LogP contribution in [0.2, 0.25) is 0 Å². The normalized spacial score (nSPS) is 12.9. The molecule has 1 aromatic carbocycles. The molecule has 1 unspecified atom stereocenters. The predicted molar refractivity (Wildman–Crippen MR) is 69.5 cm³/mol. The van der Waals surface area contributed by atoms with Crippen LogP contribution in [0.15, 0.2) is 36.8 Å². The van der Waals surface area contributed by atoms with Crippen molar-refractivity contribution in [2.24, 2.45) is 11.7 Å². The maximum Gasteiger partial charge on any atom is 0.123 e. The van der Waals surface area contributed by atoms with E-state index in [4.69, 9.17) is 5.73 Å². The van der Waals surface area contributed by atoms with E-state index >= 15 is 0 Å². The number of aromatic nitrogens is 2. The highest BCUT2D eigenvalue weighted by molar-refractivity contribution is 5.18. The van der Waals surface area contributed by atoms with Crippen molar-refractivity contribution in [3.8, 4) is 0 Å². The molecule has 0 saturated heterocycles. The summed E-state index contributed by atoms with van der Waals surface area (Å²) in [5, 5.41) is 0. The van der Waals surface area contributed by atoms with E-state index in [0.717, 1.165) is 11.3 Å². The van der Waals surface area contributed by atoms with Gasteiger partial charge in [-0.2, -0.15) is 0 Å². The zero-order valence-electron chi connectivity index (χ0n) is 10.7. The SMILES string of the molecule is CC(C)C(N)c1cncn1Cc1ccc(F)cc1. The van der Waals surface area contributed by atoms with Gasteiger partial charge in [0.05, 0.1) is 12.0 Å². The van der Waals surface area contributed by atoms with E-state index in [2.05, 4.69) is 18.8 Å². The summed E-state index contributed by atoms with van der Waals surface area (Å²) >= 11 is 0. The van der Waals surface area contributed by atoms with Crippen LogP contribution in [0.3, 0.4) is 0 Å². The third kappa shape index (κ3) is 2.76. The minimum Gasteiger partial charge on any atom is -0.329 e. The Bertz CT molecular complexity index is 502. The lowest BCUT2D eigenvalue weighted by Crippen LogP contribution is -2.20. The van der Waals surface area contributed by atoms with E-state index in [1.807, 2.05) is 4.57 Å². The van der Waals surface area contributed by atoms with Crippen LogP contribution in [0.4, 0.5) is 4.39 Å². The molecule has 3 nitrogen and oxygen atoms in total. The van der Waals surface area contributed by atoms with E-state index in [9.17, 15) is 4.39 Å². The maximum atomic E-state index is 12.8. The molecule has 1 aromatic heterocycles. The molecule has 2 aromatic rings. The minimum atomic E-state index is -0.219. The monoisotopic (exact) mass is 247 g/mol. The van der Waals surface area contributed by atoms with Gasteiger partial charge in [0.2, 0.25) is 0 Å². The standard InChI is InChI=1S/C14H18FN3/c1-10(2)14(16)13-7-17-9-18(13)8-11-3-5-12(15)6-4-11/h3-7,9-10,14H,8,16H2,1-2H3. The van der Waals surface area contributed by atoms with Crippen LogP contribution >= 0.6 is 0 Å². The summed E-state index contributed by atoms with van der Waals surface area (Å²) in [5.41, 5.74) is 8.18. The van der Waals surface area contributed by atoms with Gasteiger partial charge in [-0.05, 0) is 23.6 Å². The smallest absolute Gasteiger partial charge is 0.123 e. The topological polar surface area (TPSA) is 43.8 Å². The number of hydrogen-bond donors (Lipinski definition) is 1. The summed E-state index contributed by atoms with van der Waals surface area (Å²) in [6.07, 6.45) is 3.56. The molecule has 0 saturated carbocycles. The third-order valence-corrected chi connectivity index (χ3v) is 3.07. The first-order chi connectivity index (χ1) is 8.58. The molecule has 0 fully saturated rings. The first-order valence-electron chi connectivity index (χ1n) is 6.08. The van der Waals surface area contributed by atoms with Crippen LogP contribution in [0.1, 0.15) is 31.1 Å². The zero-order valence-corrected chi connectivity index (χ0v) is 10.7. The van der Waals surface area contributed by atoms with Crippen LogP contribution in [0.5, 0.6) is 0 Å². The van der Waals surface area contributed by atoms with E-state index in [-0.39, 0.29) is 11.9 Å². The fourth-order valence-corrected chi connectivity index (χ4v) is 1.87. The number of benzene rings is 1. The van der Waals surface area contributed by atoms with Crippen LogP contribution < -0.4 is 5.73 Å². The second kappa shape index (κ2) is 5.31. The lowest BCUT2D eigenvalue weighted by Gasteiger charge is -2.17. The van der Waals surface area contributed by atoms with E-state index in [0.29, 0.717) is 12.5 Å². The number of hydrogen-bond acceptors (Lipinski definition) is 2. The lowest BCUT2D eigenvalue weighted by molar-refractivity contribution is 0.484. The van der Waals surface area contributed by atoms with E-state index in [1.165, 1.54) is 12.1 Å². The van der Waals surface area contributed by atoms with Gasteiger partial charge < -0.3 is 10.3 Å². The molecule has 2 rings (SSSR count). The number of halogens is 1. The van der Waals surface area contributed by atoms with Crippen molar-refractivity contribution in [2.45, 2.75) is 26.4 Å². The Hall–Kier alpha value is -1.68. The number of nitrogens with zero attached hydrogens (tertiary/aromatic N) is 2. The van der Waals surface area contributed by atoms with Gasteiger partial charge in [-0.3, -0.25) is 0 Å². The predicted octanol–water partition coefficient (Wildman–Crippen LogP) is 2.73. The highest BCUT2D eigenvalue weighted by atomic mass is 19.1. The number of rotatable bonds is 4. The molecule has 4 heteroatoms. The fraction of sp³-hybridized carbons (Fsp3) is 0.357. The minimum absolute atomic E-state index is 0.0343. The second-order valence-corrected chi connectivity index (χ2v) is 4.84. The van der Waals surface area contributed by atoms with Crippen LogP contribution in [-0.4, -0.2) is 9.55 Å². The third-order valence-electron chi connectivity index (χ3n) is 3.07. The van der Waals surface area contributed by atoms with Crippen molar-refractivity contribution in [1.29, 1.82) is 0 Å². The molecule has 0 bridgehead atoms. The van der Waals surface area contributed by atoms with Gasteiger partial charge >= 0.3 is 0 Å². The average Bonchev–Trinajstić information content (AvgIpc) is 2.79. The zero-order chi connectivity index (χ0) is 13.1. The first-order valence-corrected chi connectivity index (χ1v) is 6.08. The Morgan fingerprint density at radius 1 is 1.28 bits per heavy atom. The molecular formula is C14H18FN3. The number of nitrogens with two attached hydrogens (primary N) is 1. The molecule has 0 aliphatic carbocycles. The number of imidazole rings is 1. The Kier molecular flexibility index (Phi) is 3.77. The maximum absolute atomic E-state index is 12.8. The molecule has 0 spiro atoms. The van der Waals surface area contributed by atoms with Crippen molar-refractivity contribution in [2.75, 3.05) is 0 Å². The van der Waals surface area contributed by atoms with Crippen molar-refractivity contribution in [3.05, 3.63) is 53.9 Å². The quantitative estimate of drug-likeness (QED) is 0.902. The summed E-state index contributed by atoms with van der Waals surface area (Å²) in [5.74, 6) is 0.136. The summed E-state index contributed by atoms with van der Waals surface area (Å²) in [4.78, 5) is 4.15. The molecule has 96 valence electrons. The molecule has 0 aliphatic heterocycles. The largest absolute Gasteiger partial charge is 0.329 e. The Morgan fingerprint density at radius 3 is 2.56 bits per heavy atom. The van der Waals surface area contributed by atoms with Crippen molar-refractivity contribution < 1.29 is 4.39 Å².